The Balaban J connectivity index is 4.00. The molecule has 0 heterocycles. The quantitative estimate of drug-likeness (QED) is 0.650. The largest absolute Gasteiger partial charge is 0.394 e. The second-order valence-corrected chi connectivity index (χ2v) is 10.1. The minimum Gasteiger partial charge on any atom is -0.394 e. The molecule has 3 heteroatoms. The van der Waals surface area contributed by atoms with E-state index in [1.807, 2.05) is 0 Å². The summed E-state index contributed by atoms with van der Waals surface area (Å²) >= 11 is 0. The molecule has 0 amide bonds. The summed E-state index contributed by atoms with van der Waals surface area (Å²) in [5.74, 6) is 0. The van der Waals surface area contributed by atoms with E-state index in [1.54, 1.807) is 0 Å². The van der Waals surface area contributed by atoms with E-state index < -0.39 is 14.2 Å². The van der Waals surface area contributed by atoms with Crippen LogP contribution in [-0.4, -0.2) is 31.0 Å². The topological polar surface area (TPSA) is 40.5 Å². The molecule has 12 heavy (non-hydrogen) atoms. The van der Waals surface area contributed by atoms with Crippen LogP contribution in [0.3, 0.4) is 0 Å². The molecular weight excluding hydrogens is 168 g/mol. The molecular formula is C9H22O2Si. The van der Waals surface area contributed by atoms with Crippen LogP contribution in [-0.2, 0) is 0 Å². The molecule has 74 valence electrons. The lowest BCUT2D eigenvalue weighted by molar-refractivity contribution is 0.0860. The lowest BCUT2D eigenvalue weighted by atomic mass is 10.1. The third kappa shape index (κ3) is 4.23. The standard InChI is InChI=1S/C9H22O2Si/c1-5-9(12(2,3)4)6-8(11)7-10/h8-11H,5-7H2,1-4H3. The Morgan fingerprint density at radius 1 is 1.25 bits per heavy atom. The van der Waals surface area contributed by atoms with Crippen molar-refractivity contribution in [3.8, 4) is 0 Å². The minimum atomic E-state index is -1.14. The smallest absolute Gasteiger partial charge is 0.0770 e. The summed E-state index contributed by atoms with van der Waals surface area (Å²) in [7, 11) is -1.14. The molecule has 0 aliphatic rings. The molecule has 0 spiro atoms. The van der Waals surface area contributed by atoms with Gasteiger partial charge in [-0.1, -0.05) is 33.0 Å². The van der Waals surface area contributed by atoms with E-state index in [1.165, 1.54) is 0 Å². The zero-order valence-corrected chi connectivity index (χ0v) is 9.67. The van der Waals surface area contributed by atoms with E-state index in [0.29, 0.717) is 5.54 Å². The summed E-state index contributed by atoms with van der Waals surface area (Å²) in [5.41, 5.74) is 0.625. The Morgan fingerprint density at radius 2 is 1.75 bits per heavy atom. The molecule has 0 aromatic heterocycles. The Hall–Kier alpha value is 0.137. The van der Waals surface area contributed by atoms with Gasteiger partial charge in [-0.05, 0) is 12.0 Å². The van der Waals surface area contributed by atoms with Gasteiger partial charge in [0.1, 0.15) is 0 Å². The van der Waals surface area contributed by atoms with Crippen molar-refractivity contribution in [3.05, 3.63) is 0 Å². The summed E-state index contributed by atoms with van der Waals surface area (Å²) in [4.78, 5) is 0. The lowest BCUT2D eigenvalue weighted by Gasteiger charge is -2.29. The van der Waals surface area contributed by atoms with Gasteiger partial charge < -0.3 is 10.2 Å². The Bertz CT molecular complexity index is 120. The van der Waals surface area contributed by atoms with Crippen molar-refractivity contribution in [2.75, 3.05) is 6.61 Å². The lowest BCUT2D eigenvalue weighted by Crippen LogP contribution is -2.31. The first-order valence-electron chi connectivity index (χ1n) is 4.70. The first kappa shape index (κ1) is 12.1. The molecule has 2 atom stereocenters. The van der Waals surface area contributed by atoms with Gasteiger partial charge in [0.2, 0.25) is 0 Å². The highest BCUT2D eigenvalue weighted by atomic mass is 28.3. The van der Waals surface area contributed by atoms with Crippen molar-refractivity contribution < 1.29 is 10.2 Å². The van der Waals surface area contributed by atoms with Crippen LogP contribution >= 0.6 is 0 Å². The summed E-state index contributed by atoms with van der Waals surface area (Å²) in [6.07, 6.45) is 1.37. The SMILES string of the molecule is CCC(CC(O)CO)[Si](C)(C)C. The van der Waals surface area contributed by atoms with Gasteiger partial charge in [-0.25, -0.2) is 0 Å². The van der Waals surface area contributed by atoms with Crippen LogP contribution in [0.5, 0.6) is 0 Å². The maximum absolute atomic E-state index is 9.30. The number of aliphatic hydroxyl groups excluding tert-OH is 2. The van der Waals surface area contributed by atoms with Crippen LogP contribution in [0.15, 0.2) is 0 Å². The second kappa shape index (κ2) is 4.99. The van der Waals surface area contributed by atoms with Crippen molar-refractivity contribution in [1.82, 2.24) is 0 Å². The fraction of sp³-hybridized carbons (Fsp3) is 1.00. The fourth-order valence-corrected chi connectivity index (χ4v) is 3.74. The number of aliphatic hydroxyl groups is 2. The van der Waals surface area contributed by atoms with E-state index in [-0.39, 0.29) is 6.61 Å². The van der Waals surface area contributed by atoms with Gasteiger partial charge >= 0.3 is 0 Å². The molecule has 0 radical (unpaired) electrons. The molecule has 0 saturated heterocycles. The molecule has 0 bridgehead atoms. The maximum Gasteiger partial charge on any atom is 0.0770 e. The Labute approximate surface area is 76.6 Å². The van der Waals surface area contributed by atoms with Crippen molar-refractivity contribution in [2.45, 2.75) is 51.1 Å². The van der Waals surface area contributed by atoms with Gasteiger partial charge in [0.05, 0.1) is 12.7 Å². The van der Waals surface area contributed by atoms with E-state index in [2.05, 4.69) is 26.6 Å². The molecule has 0 aromatic rings. The summed E-state index contributed by atoms with van der Waals surface area (Å²) in [6, 6.07) is 0. The third-order valence-corrected chi connectivity index (χ3v) is 5.58. The van der Waals surface area contributed by atoms with Gasteiger partial charge in [0.25, 0.3) is 0 Å². The monoisotopic (exact) mass is 190 g/mol. The Kier molecular flexibility index (Phi) is 5.05. The zero-order valence-electron chi connectivity index (χ0n) is 8.67. The van der Waals surface area contributed by atoms with E-state index in [4.69, 9.17) is 5.11 Å². The fourth-order valence-electron chi connectivity index (χ4n) is 1.54. The minimum absolute atomic E-state index is 0.0962. The zero-order chi connectivity index (χ0) is 9.78. The average molecular weight is 190 g/mol. The molecule has 0 rings (SSSR count). The van der Waals surface area contributed by atoms with Crippen molar-refractivity contribution >= 4 is 8.07 Å². The third-order valence-electron chi connectivity index (χ3n) is 2.48. The predicted molar refractivity (Wildman–Crippen MR) is 55.1 cm³/mol. The summed E-state index contributed by atoms with van der Waals surface area (Å²) in [6.45, 7) is 9.00. The predicted octanol–water partition coefficient (Wildman–Crippen LogP) is 1.85. The maximum atomic E-state index is 9.30. The van der Waals surface area contributed by atoms with Gasteiger partial charge in [0.15, 0.2) is 0 Å². The molecule has 0 saturated carbocycles. The molecule has 0 fully saturated rings. The van der Waals surface area contributed by atoms with Crippen molar-refractivity contribution in [3.63, 3.8) is 0 Å². The van der Waals surface area contributed by atoms with Gasteiger partial charge in [-0.2, -0.15) is 0 Å². The first-order valence-corrected chi connectivity index (χ1v) is 8.28. The normalized spacial score (nSPS) is 17.5. The van der Waals surface area contributed by atoms with Crippen molar-refractivity contribution in [2.24, 2.45) is 0 Å². The number of hydrogen-bond donors (Lipinski definition) is 2. The van der Waals surface area contributed by atoms with E-state index >= 15 is 0 Å². The van der Waals surface area contributed by atoms with Crippen LogP contribution in [0.2, 0.25) is 25.2 Å². The molecule has 0 aromatic carbocycles. The molecule has 0 aliphatic carbocycles. The molecule has 2 unspecified atom stereocenters. The second-order valence-electron chi connectivity index (χ2n) is 4.54. The highest BCUT2D eigenvalue weighted by Crippen LogP contribution is 2.29. The summed E-state index contributed by atoms with van der Waals surface area (Å²) < 4.78 is 0. The van der Waals surface area contributed by atoms with Gasteiger partial charge in [-0.3, -0.25) is 0 Å². The highest BCUT2D eigenvalue weighted by Gasteiger charge is 2.26. The average Bonchev–Trinajstić information content (AvgIpc) is 1.97. The van der Waals surface area contributed by atoms with E-state index in [9.17, 15) is 5.11 Å². The molecule has 2 N–H and O–H groups in total. The number of rotatable bonds is 5. The highest BCUT2D eigenvalue weighted by molar-refractivity contribution is 6.77. The van der Waals surface area contributed by atoms with Crippen LogP contribution < -0.4 is 0 Å². The van der Waals surface area contributed by atoms with E-state index in [0.717, 1.165) is 12.8 Å². The van der Waals surface area contributed by atoms with Crippen LogP contribution in [0.25, 0.3) is 0 Å². The Morgan fingerprint density at radius 3 is 2.00 bits per heavy atom. The molecule has 0 aliphatic heterocycles. The van der Waals surface area contributed by atoms with Crippen LogP contribution in [0.1, 0.15) is 19.8 Å². The number of hydrogen-bond acceptors (Lipinski definition) is 2. The van der Waals surface area contributed by atoms with Gasteiger partial charge in [-0.15, -0.1) is 0 Å². The van der Waals surface area contributed by atoms with Crippen LogP contribution in [0, 0.1) is 0 Å². The van der Waals surface area contributed by atoms with Gasteiger partial charge in [0, 0.05) is 8.07 Å². The van der Waals surface area contributed by atoms with Crippen LogP contribution in [0.4, 0.5) is 0 Å². The first-order chi connectivity index (χ1) is 5.41. The van der Waals surface area contributed by atoms with Crippen molar-refractivity contribution in [1.29, 1.82) is 0 Å². The summed E-state index contributed by atoms with van der Waals surface area (Å²) in [5, 5.41) is 18.0. The molecule has 2 nitrogen and oxygen atoms in total.